The SMILES string of the molecule is CC(=O)c1cc(S/C(C)=C/N=C(C)Nc2ccccn2)ccc1C. The zero-order valence-corrected chi connectivity index (χ0v) is 15.1. The third-order valence-corrected chi connectivity index (χ3v) is 4.20. The normalized spacial score (nSPS) is 12.2. The van der Waals surface area contributed by atoms with Crippen molar-refractivity contribution in [3.05, 3.63) is 64.8 Å². The van der Waals surface area contributed by atoms with Crippen LogP contribution in [0.2, 0.25) is 0 Å². The predicted molar refractivity (Wildman–Crippen MR) is 102 cm³/mol. The summed E-state index contributed by atoms with van der Waals surface area (Å²) in [4.78, 5) is 22.3. The summed E-state index contributed by atoms with van der Waals surface area (Å²) < 4.78 is 0. The van der Waals surface area contributed by atoms with Crippen LogP contribution >= 0.6 is 11.8 Å². The van der Waals surface area contributed by atoms with Crippen LogP contribution in [0.4, 0.5) is 5.82 Å². The van der Waals surface area contributed by atoms with Crippen molar-refractivity contribution in [1.82, 2.24) is 4.98 Å². The topological polar surface area (TPSA) is 54.4 Å². The molecule has 0 unspecified atom stereocenters. The van der Waals surface area contributed by atoms with Gasteiger partial charge in [-0.2, -0.15) is 0 Å². The summed E-state index contributed by atoms with van der Waals surface area (Å²) in [6, 6.07) is 11.6. The van der Waals surface area contributed by atoms with Crippen LogP contribution in [0.3, 0.4) is 0 Å². The number of carbonyl (C=O) groups excluding carboxylic acids is 1. The van der Waals surface area contributed by atoms with Crippen molar-refractivity contribution >= 4 is 29.2 Å². The van der Waals surface area contributed by atoms with Crippen LogP contribution in [0, 0.1) is 6.92 Å². The summed E-state index contributed by atoms with van der Waals surface area (Å²) in [6.45, 7) is 7.43. The summed E-state index contributed by atoms with van der Waals surface area (Å²) in [6.07, 6.45) is 3.54. The molecule has 1 aromatic carbocycles. The van der Waals surface area contributed by atoms with E-state index in [-0.39, 0.29) is 5.78 Å². The van der Waals surface area contributed by atoms with E-state index in [4.69, 9.17) is 0 Å². The van der Waals surface area contributed by atoms with Gasteiger partial charge in [-0.25, -0.2) is 9.98 Å². The Bertz CT molecular complexity index is 782. The highest BCUT2D eigenvalue weighted by molar-refractivity contribution is 8.03. The number of aryl methyl sites for hydroxylation is 1. The molecule has 0 aliphatic heterocycles. The number of nitrogens with zero attached hydrogens (tertiary/aromatic N) is 2. The summed E-state index contributed by atoms with van der Waals surface area (Å²) in [7, 11) is 0. The number of aliphatic imine (C=N–C) groups is 1. The number of benzene rings is 1. The van der Waals surface area contributed by atoms with Crippen LogP contribution < -0.4 is 5.32 Å². The number of amidine groups is 1. The molecule has 0 bridgehead atoms. The molecule has 0 amide bonds. The fourth-order valence-electron chi connectivity index (χ4n) is 2.10. The molecule has 0 saturated carbocycles. The van der Waals surface area contributed by atoms with Gasteiger partial charge in [-0.15, -0.1) is 0 Å². The number of hydrogen-bond acceptors (Lipinski definition) is 4. The van der Waals surface area contributed by atoms with E-state index in [1.165, 1.54) is 0 Å². The average molecular weight is 339 g/mol. The van der Waals surface area contributed by atoms with Crippen LogP contribution in [0.1, 0.15) is 36.7 Å². The Hall–Kier alpha value is -2.40. The number of allylic oxidation sites excluding steroid dienone is 1. The van der Waals surface area contributed by atoms with Crippen LogP contribution in [0.25, 0.3) is 0 Å². The standard InChI is InChI=1S/C19H21N3OS/c1-13-8-9-17(11-18(13)15(3)23)24-14(2)12-21-16(4)22-19-7-5-6-10-20-19/h5-12H,1-4H3,(H,20,21,22)/b14-12+. The van der Waals surface area contributed by atoms with E-state index in [0.717, 1.165) is 32.6 Å². The van der Waals surface area contributed by atoms with Gasteiger partial charge < -0.3 is 5.32 Å². The van der Waals surface area contributed by atoms with E-state index in [9.17, 15) is 4.79 Å². The van der Waals surface area contributed by atoms with Gasteiger partial charge in [-0.3, -0.25) is 4.79 Å². The second kappa shape index (κ2) is 8.45. The van der Waals surface area contributed by atoms with Gasteiger partial charge in [0.25, 0.3) is 0 Å². The summed E-state index contributed by atoms with van der Waals surface area (Å²) >= 11 is 1.59. The Labute approximate surface area is 147 Å². The van der Waals surface area contributed by atoms with Gasteiger partial charge in [0.05, 0.1) is 0 Å². The Morgan fingerprint density at radius 2 is 2.00 bits per heavy atom. The molecular weight excluding hydrogens is 318 g/mol. The average Bonchev–Trinajstić information content (AvgIpc) is 2.55. The molecule has 0 fully saturated rings. The molecule has 0 spiro atoms. The molecule has 24 heavy (non-hydrogen) atoms. The first-order valence-electron chi connectivity index (χ1n) is 7.64. The Balaban J connectivity index is 2.05. The lowest BCUT2D eigenvalue weighted by Gasteiger charge is -2.06. The van der Waals surface area contributed by atoms with Gasteiger partial charge >= 0.3 is 0 Å². The lowest BCUT2D eigenvalue weighted by atomic mass is 10.1. The van der Waals surface area contributed by atoms with Crippen molar-refractivity contribution < 1.29 is 4.79 Å². The molecule has 0 aliphatic rings. The summed E-state index contributed by atoms with van der Waals surface area (Å²) in [5, 5.41) is 3.13. The highest BCUT2D eigenvalue weighted by Gasteiger charge is 2.06. The zero-order chi connectivity index (χ0) is 17.5. The molecule has 5 heteroatoms. The first-order chi connectivity index (χ1) is 11.5. The van der Waals surface area contributed by atoms with E-state index in [1.807, 2.05) is 63.4 Å². The molecular formula is C19H21N3OS. The van der Waals surface area contributed by atoms with Crippen molar-refractivity contribution in [3.8, 4) is 0 Å². The molecule has 4 nitrogen and oxygen atoms in total. The zero-order valence-electron chi connectivity index (χ0n) is 14.3. The largest absolute Gasteiger partial charge is 0.329 e. The molecule has 2 rings (SSSR count). The lowest BCUT2D eigenvalue weighted by Crippen LogP contribution is -2.07. The number of anilines is 1. The Morgan fingerprint density at radius 3 is 2.67 bits per heavy atom. The van der Waals surface area contributed by atoms with Crippen LogP contribution in [-0.4, -0.2) is 16.6 Å². The minimum atomic E-state index is 0.0880. The minimum absolute atomic E-state index is 0.0880. The van der Waals surface area contributed by atoms with Gasteiger partial charge in [0.2, 0.25) is 0 Å². The van der Waals surface area contributed by atoms with Crippen LogP contribution in [-0.2, 0) is 0 Å². The maximum atomic E-state index is 11.6. The fourth-order valence-corrected chi connectivity index (χ4v) is 2.89. The van der Waals surface area contributed by atoms with E-state index in [1.54, 1.807) is 24.9 Å². The minimum Gasteiger partial charge on any atom is -0.329 e. The van der Waals surface area contributed by atoms with Crippen LogP contribution in [0.5, 0.6) is 0 Å². The molecule has 1 N–H and O–H groups in total. The van der Waals surface area contributed by atoms with Gasteiger partial charge in [-0.1, -0.05) is 23.9 Å². The number of thioether (sulfide) groups is 1. The van der Waals surface area contributed by atoms with Crippen LogP contribution in [0.15, 0.2) is 63.6 Å². The summed E-state index contributed by atoms with van der Waals surface area (Å²) in [5.41, 5.74) is 1.77. The second-order valence-corrected chi connectivity index (χ2v) is 6.75. The quantitative estimate of drug-likeness (QED) is 0.357. The van der Waals surface area contributed by atoms with Crippen molar-refractivity contribution in [2.45, 2.75) is 32.6 Å². The Morgan fingerprint density at radius 1 is 1.21 bits per heavy atom. The van der Waals surface area contributed by atoms with E-state index in [0.29, 0.717) is 0 Å². The Kier molecular flexibility index (Phi) is 6.32. The third-order valence-electron chi connectivity index (χ3n) is 3.28. The number of rotatable bonds is 5. The lowest BCUT2D eigenvalue weighted by molar-refractivity contribution is 0.101. The van der Waals surface area contributed by atoms with Gasteiger partial charge in [0.1, 0.15) is 11.7 Å². The molecule has 0 saturated heterocycles. The second-order valence-electron chi connectivity index (χ2n) is 5.43. The predicted octanol–water partition coefficient (Wildman–Crippen LogP) is 5.08. The smallest absolute Gasteiger partial charge is 0.160 e. The number of carbonyl (C=O) groups is 1. The molecule has 0 radical (unpaired) electrons. The van der Waals surface area contributed by atoms with Crippen molar-refractivity contribution in [1.29, 1.82) is 0 Å². The van der Waals surface area contributed by atoms with E-state index >= 15 is 0 Å². The highest BCUT2D eigenvalue weighted by atomic mass is 32.2. The molecule has 0 atom stereocenters. The molecule has 1 aromatic heterocycles. The number of hydrogen-bond donors (Lipinski definition) is 1. The van der Waals surface area contributed by atoms with E-state index in [2.05, 4.69) is 15.3 Å². The molecule has 124 valence electrons. The first kappa shape index (κ1) is 17.9. The van der Waals surface area contributed by atoms with Gasteiger partial charge in [0, 0.05) is 27.8 Å². The highest BCUT2D eigenvalue weighted by Crippen LogP contribution is 2.28. The monoisotopic (exact) mass is 339 g/mol. The molecule has 2 aromatic rings. The van der Waals surface area contributed by atoms with Gasteiger partial charge in [0.15, 0.2) is 5.78 Å². The first-order valence-corrected chi connectivity index (χ1v) is 8.46. The van der Waals surface area contributed by atoms with Crippen molar-refractivity contribution in [2.24, 2.45) is 4.99 Å². The number of pyridine rings is 1. The number of Topliss-reactive ketones (excluding diaryl/α,β-unsaturated/α-hetero) is 1. The number of nitrogens with one attached hydrogen (secondary N) is 1. The maximum Gasteiger partial charge on any atom is 0.160 e. The third kappa shape index (κ3) is 5.35. The summed E-state index contributed by atoms with van der Waals surface area (Å²) in [5.74, 6) is 1.62. The number of aromatic nitrogens is 1. The van der Waals surface area contributed by atoms with Crippen molar-refractivity contribution in [2.75, 3.05) is 5.32 Å². The van der Waals surface area contributed by atoms with Gasteiger partial charge in [-0.05, 0) is 57.5 Å². The van der Waals surface area contributed by atoms with E-state index < -0.39 is 0 Å². The number of ketones is 1. The molecule has 0 aliphatic carbocycles. The fraction of sp³-hybridized carbons (Fsp3) is 0.211. The van der Waals surface area contributed by atoms with Crippen molar-refractivity contribution in [3.63, 3.8) is 0 Å². The molecule has 1 heterocycles. The maximum absolute atomic E-state index is 11.6.